The molecule has 3 aromatic rings. The van der Waals surface area contributed by atoms with Crippen LogP contribution in [0.3, 0.4) is 0 Å². The van der Waals surface area contributed by atoms with Crippen molar-refractivity contribution in [1.29, 1.82) is 0 Å². The molecule has 3 nitrogen and oxygen atoms in total. The summed E-state index contributed by atoms with van der Waals surface area (Å²) < 4.78 is 7.22. The summed E-state index contributed by atoms with van der Waals surface area (Å²) in [4.78, 5) is 15.1. The van der Waals surface area contributed by atoms with E-state index >= 15 is 0 Å². The summed E-state index contributed by atoms with van der Waals surface area (Å²) in [5.41, 5.74) is 3.66. The van der Waals surface area contributed by atoms with Crippen LogP contribution >= 0.6 is 51.5 Å². The third-order valence-electron chi connectivity index (χ3n) is 4.65. The topological polar surface area (TPSA) is 29.5 Å². The van der Waals surface area contributed by atoms with E-state index in [2.05, 4.69) is 15.9 Å². The van der Waals surface area contributed by atoms with Crippen LogP contribution in [0, 0.1) is 6.92 Å². The fourth-order valence-electron chi connectivity index (χ4n) is 3.10. The van der Waals surface area contributed by atoms with Gasteiger partial charge in [-0.1, -0.05) is 72.0 Å². The van der Waals surface area contributed by atoms with Crippen LogP contribution < -0.4 is 9.64 Å². The molecular weight excluding hydrogens is 514 g/mol. The van der Waals surface area contributed by atoms with Gasteiger partial charge in [0.25, 0.3) is 5.91 Å². The molecule has 1 saturated heterocycles. The number of anilines is 1. The molecule has 156 valence electrons. The highest BCUT2D eigenvalue weighted by Gasteiger charge is 2.33. The molecule has 0 radical (unpaired) electrons. The number of aryl methyl sites for hydroxylation is 1. The molecule has 31 heavy (non-hydrogen) atoms. The van der Waals surface area contributed by atoms with Crippen LogP contribution in [0.25, 0.3) is 6.08 Å². The first-order valence-corrected chi connectivity index (χ1v) is 11.8. The minimum atomic E-state index is -0.115. The van der Waals surface area contributed by atoms with Crippen LogP contribution in [0.15, 0.2) is 76.1 Å². The van der Waals surface area contributed by atoms with Crippen LogP contribution in [0.2, 0.25) is 5.02 Å². The number of nitrogens with zero attached hydrogens (tertiary/aromatic N) is 1. The Balaban J connectivity index is 1.51. The van der Waals surface area contributed by atoms with Gasteiger partial charge in [-0.3, -0.25) is 9.69 Å². The minimum Gasteiger partial charge on any atom is -0.488 e. The summed E-state index contributed by atoms with van der Waals surface area (Å²) in [7, 11) is 0. The smallest absolute Gasteiger partial charge is 0.270 e. The number of thiocarbonyl (C=S) groups is 1. The average molecular weight is 531 g/mol. The zero-order valence-electron chi connectivity index (χ0n) is 16.5. The number of carbonyl (C=O) groups excluding carboxylic acids is 1. The quantitative estimate of drug-likeness (QED) is 0.254. The number of amides is 1. The number of hydrogen-bond acceptors (Lipinski definition) is 4. The van der Waals surface area contributed by atoms with Crippen molar-refractivity contribution in [2.24, 2.45) is 0 Å². The Morgan fingerprint density at radius 1 is 1.13 bits per heavy atom. The summed E-state index contributed by atoms with van der Waals surface area (Å²) in [5.74, 6) is 0.583. The van der Waals surface area contributed by atoms with Gasteiger partial charge in [0.1, 0.15) is 12.4 Å². The standard InChI is InChI=1S/C24H17BrClNO2S2/c1-15-5-4-7-18(11-15)27-23(28)22(31-24(27)30)13-16-9-10-21(19(25)12-16)29-14-17-6-2-3-8-20(17)26/h2-13H,14H2,1H3/b22-13-. The molecule has 0 N–H and O–H groups in total. The lowest BCUT2D eigenvalue weighted by Gasteiger charge is -2.14. The molecule has 0 spiro atoms. The second-order valence-electron chi connectivity index (χ2n) is 6.93. The summed E-state index contributed by atoms with van der Waals surface area (Å²) >= 11 is 16.5. The van der Waals surface area contributed by atoms with Crippen LogP contribution in [0.4, 0.5) is 5.69 Å². The first-order valence-electron chi connectivity index (χ1n) is 9.43. The van der Waals surface area contributed by atoms with Crippen molar-refractivity contribution in [3.05, 3.63) is 97.8 Å². The van der Waals surface area contributed by atoms with Crippen LogP contribution in [-0.4, -0.2) is 10.2 Å². The molecule has 0 aliphatic carbocycles. The normalized spacial score (nSPS) is 15.1. The van der Waals surface area contributed by atoms with E-state index in [-0.39, 0.29) is 5.91 Å². The molecule has 1 aliphatic rings. The van der Waals surface area contributed by atoms with Crippen LogP contribution in [0.1, 0.15) is 16.7 Å². The number of ether oxygens (including phenoxy) is 1. The largest absolute Gasteiger partial charge is 0.488 e. The Hall–Kier alpha value is -2.12. The monoisotopic (exact) mass is 529 g/mol. The summed E-state index contributed by atoms with van der Waals surface area (Å²) in [6.07, 6.45) is 1.84. The van der Waals surface area contributed by atoms with Crippen molar-refractivity contribution in [3.63, 3.8) is 0 Å². The third kappa shape index (κ3) is 5.04. The Labute approximate surface area is 204 Å². The summed E-state index contributed by atoms with van der Waals surface area (Å²) in [6, 6.07) is 21.0. The predicted molar refractivity (Wildman–Crippen MR) is 137 cm³/mol. The van der Waals surface area contributed by atoms with E-state index in [9.17, 15) is 4.79 Å². The van der Waals surface area contributed by atoms with Crippen molar-refractivity contribution >= 4 is 73.5 Å². The van der Waals surface area contributed by atoms with Crippen molar-refractivity contribution in [2.45, 2.75) is 13.5 Å². The van der Waals surface area contributed by atoms with Gasteiger partial charge in [0.15, 0.2) is 4.32 Å². The predicted octanol–water partition coefficient (Wildman–Crippen LogP) is 7.40. The van der Waals surface area contributed by atoms with E-state index in [1.165, 1.54) is 11.8 Å². The molecule has 7 heteroatoms. The first-order chi connectivity index (χ1) is 14.9. The molecule has 0 unspecified atom stereocenters. The second-order valence-corrected chi connectivity index (χ2v) is 9.86. The number of halogens is 2. The van der Waals surface area contributed by atoms with E-state index in [1.807, 2.05) is 79.7 Å². The van der Waals surface area contributed by atoms with E-state index < -0.39 is 0 Å². The van der Waals surface area contributed by atoms with E-state index in [0.29, 0.717) is 26.6 Å². The first kappa shape index (κ1) is 22.1. The van der Waals surface area contributed by atoms with Crippen molar-refractivity contribution in [2.75, 3.05) is 4.90 Å². The lowest BCUT2D eigenvalue weighted by Crippen LogP contribution is -2.27. The van der Waals surface area contributed by atoms with E-state index in [0.717, 1.165) is 26.9 Å². The van der Waals surface area contributed by atoms with Gasteiger partial charge in [-0.25, -0.2) is 0 Å². The van der Waals surface area contributed by atoms with Crippen molar-refractivity contribution in [3.8, 4) is 5.75 Å². The van der Waals surface area contributed by atoms with Gasteiger partial charge in [0.05, 0.1) is 15.1 Å². The number of hydrogen-bond donors (Lipinski definition) is 0. The van der Waals surface area contributed by atoms with E-state index in [4.69, 9.17) is 28.6 Å². The SMILES string of the molecule is Cc1cccc(N2C(=O)/C(=C/c3ccc(OCc4ccccc4Cl)c(Br)c3)SC2=S)c1. The zero-order chi connectivity index (χ0) is 22.0. The average Bonchev–Trinajstić information content (AvgIpc) is 3.01. The Bertz CT molecular complexity index is 1210. The molecule has 3 aromatic carbocycles. The molecule has 0 atom stereocenters. The fourth-order valence-corrected chi connectivity index (χ4v) is 5.10. The molecule has 0 saturated carbocycles. The summed E-state index contributed by atoms with van der Waals surface area (Å²) in [5, 5.41) is 0.672. The number of rotatable bonds is 5. The van der Waals surface area contributed by atoms with E-state index in [1.54, 1.807) is 4.90 Å². The third-order valence-corrected chi connectivity index (χ3v) is 6.94. The highest BCUT2D eigenvalue weighted by Crippen LogP contribution is 2.37. The van der Waals surface area contributed by atoms with Gasteiger partial charge in [0.2, 0.25) is 0 Å². The highest BCUT2D eigenvalue weighted by molar-refractivity contribution is 9.10. The molecule has 1 fully saturated rings. The molecule has 0 aromatic heterocycles. The van der Waals surface area contributed by atoms with Crippen molar-refractivity contribution < 1.29 is 9.53 Å². The number of benzene rings is 3. The molecule has 1 heterocycles. The van der Waals surface area contributed by atoms with Gasteiger partial charge >= 0.3 is 0 Å². The zero-order valence-corrected chi connectivity index (χ0v) is 20.4. The lowest BCUT2D eigenvalue weighted by molar-refractivity contribution is -0.113. The molecular formula is C24H17BrClNO2S2. The maximum atomic E-state index is 13.0. The van der Waals surface area contributed by atoms with Gasteiger partial charge < -0.3 is 4.74 Å². The van der Waals surface area contributed by atoms with Gasteiger partial charge in [-0.2, -0.15) is 0 Å². The molecule has 1 amide bonds. The highest BCUT2D eigenvalue weighted by atomic mass is 79.9. The maximum absolute atomic E-state index is 13.0. The van der Waals surface area contributed by atoms with Gasteiger partial charge in [-0.15, -0.1) is 0 Å². The van der Waals surface area contributed by atoms with Gasteiger partial charge in [0, 0.05) is 10.6 Å². The number of carbonyl (C=O) groups is 1. The van der Waals surface area contributed by atoms with Crippen molar-refractivity contribution in [1.82, 2.24) is 0 Å². The Kier molecular flexibility index (Phi) is 6.82. The summed E-state index contributed by atoms with van der Waals surface area (Å²) in [6.45, 7) is 2.36. The number of thioether (sulfide) groups is 1. The second kappa shape index (κ2) is 9.57. The molecule has 0 bridgehead atoms. The fraction of sp³-hybridized carbons (Fsp3) is 0.0833. The molecule has 1 aliphatic heterocycles. The minimum absolute atomic E-state index is 0.115. The lowest BCUT2D eigenvalue weighted by atomic mass is 10.2. The maximum Gasteiger partial charge on any atom is 0.270 e. The van der Waals surface area contributed by atoms with Crippen LogP contribution in [-0.2, 0) is 11.4 Å². The molecule has 4 rings (SSSR count). The van der Waals surface area contributed by atoms with Crippen LogP contribution in [0.5, 0.6) is 5.75 Å². The Morgan fingerprint density at radius 2 is 1.94 bits per heavy atom. The Morgan fingerprint density at radius 3 is 2.68 bits per heavy atom. The van der Waals surface area contributed by atoms with Gasteiger partial charge in [-0.05, 0) is 70.4 Å².